The fraction of sp³-hybridized carbons (Fsp3) is 0.922. The molecule has 3 unspecified atom stereocenters. The molecule has 0 aliphatic heterocycles. The number of unbranched alkanes of at least 4 members (excludes halogenated alkanes) is 28. The summed E-state index contributed by atoms with van der Waals surface area (Å²) in [5.41, 5.74) is -0.604. The molecule has 0 saturated carbocycles. The van der Waals surface area contributed by atoms with Gasteiger partial charge in [-0.05, 0) is 32.1 Å². The lowest BCUT2D eigenvalue weighted by molar-refractivity contribution is -0.167. The summed E-state index contributed by atoms with van der Waals surface area (Å²) in [6, 6.07) is 0. The SMILES string of the molecule is CCCCCCCCCCCCCCCC(=O)OCC(COC(=O)CCCCCCCCCCCCCCC)OC(=O)CC(C)CCCCCCCC(C)C(=O)OC(C)Cl. The van der Waals surface area contributed by atoms with E-state index in [4.69, 9.17) is 30.5 Å². The largest absolute Gasteiger partial charge is 0.462 e. The number of alkyl halides is 1. The fourth-order valence-corrected chi connectivity index (χ4v) is 7.78. The van der Waals surface area contributed by atoms with Gasteiger partial charge in [-0.15, -0.1) is 0 Å². The van der Waals surface area contributed by atoms with Gasteiger partial charge in [-0.25, -0.2) is 0 Å². The monoisotopic (exact) mass is 871 g/mol. The van der Waals surface area contributed by atoms with Crippen LogP contribution in [0.15, 0.2) is 0 Å². The van der Waals surface area contributed by atoms with Gasteiger partial charge in [0.25, 0.3) is 0 Å². The molecule has 0 spiro atoms. The molecule has 0 bridgehead atoms. The van der Waals surface area contributed by atoms with Crippen molar-refractivity contribution in [1.82, 2.24) is 0 Å². The maximum atomic E-state index is 13.0. The molecule has 0 aliphatic carbocycles. The maximum Gasteiger partial charge on any atom is 0.310 e. The number of hydrogen-bond acceptors (Lipinski definition) is 8. The van der Waals surface area contributed by atoms with Gasteiger partial charge in [0.2, 0.25) is 0 Å². The second-order valence-electron chi connectivity index (χ2n) is 18.0. The minimum Gasteiger partial charge on any atom is -0.462 e. The number of ether oxygens (including phenoxy) is 4. The van der Waals surface area contributed by atoms with E-state index in [1.807, 2.05) is 13.8 Å². The predicted molar refractivity (Wildman–Crippen MR) is 249 cm³/mol. The third kappa shape index (κ3) is 41.5. The summed E-state index contributed by atoms with van der Waals surface area (Å²) in [7, 11) is 0. The first-order valence-corrected chi connectivity index (χ1v) is 25.9. The van der Waals surface area contributed by atoms with Gasteiger partial charge in [0.1, 0.15) is 13.2 Å². The van der Waals surface area contributed by atoms with Crippen molar-refractivity contribution in [3.05, 3.63) is 0 Å². The molecule has 0 N–H and O–H groups in total. The van der Waals surface area contributed by atoms with Gasteiger partial charge in [-0.3, -0.25) is 19.2 Å². The van der Waals surface area contributed by atoms with Crippen LogP contribution >= 0.6 is 11.6 Å². The van der Waals surface area contributed by atoms with Crippen LogP contribution in [0.3, 0.4) is 0 Å². The number of esters is 4. The Morgan fingerprint density at radius 2 is 0.750 bits per heavy atom. The van der Waals surface area contributed by atoms with Gasteiger partial charge in [-0.2, -0.15) is 0 Å². The Labute approximate surface area is 374 Å². The average Bonchev–Trinajstić information content (AvgIpc) is 3.21. The highest BCUT2D eigenvalue weighted by molar-refractivity contribution is 6.19. The lowest BCUT2D eigenvalue weighted by Crippen LogP contribution is -2.31. The molecular formula is C51H95ClO8. The second kappa shape index (κ2) is 43.8. The first-order chi connectivity index (χ1) is 29.1. The zero-order valence-electron chi connectivity index (χ0n) is 39.8. The first-order valence-electron chi connectivity index (χ1n) is 25.4. The maximum absolute atomic E-state index is 13.0. The van der Waals surface area contributed by atoms with Gasteiger partial charge in [-0.1, -0.05) is 232 Å². The van der Waals surface area contributed by atoms with Crippen molar-refractivity contribution in [3.63, 3.8) is 0 Å². The molecule has 0 heterocycles. The predicted octanol–water partition coefficient (Wildman–Crippen LogP) is 15.5. The van der Waals surface area contributed by atoms with E-state index in [-0.39, 0.29) is 55.3 Å². The Morgan fingerprint density at radius 3 is 1.12 bits per heavy atom. The molecule has 354 valence electrons. The molecule has 0 aliphatic rings. The van der Waals surface area contributed by atoms with Gasteiger partial charge >= 0.3 is 23.9 Å². The number of halogens is 1. The molecule has 0 rings (SSSR count). The highest BCUT2D eigenvalue weighted by Gasteiger charge is 2.21. The molecule has 8 nitrogen and oxygen atoms in total. The molecule has 0 aromatic heterocycles. The smallest absolute Gasteiger partial charge is 0.310 e. The van der Waals surface area contributed by atoms with Gasteiger partial charge < -0.3 is 18.9 Å². The Kier molecular flexibility index (Phi) is 42.5. The Balaban J connectivity index is 4.51. The second-order valence-corrected chi connectivity index (χ2v) is 18.6. The van der Waals surface area contributed by atoms with Crippen LogP contribution in [0.1, 0.15) is 266 Å². The van der Waals surface area contributed by atoms with E-state index < -0.39 is 11.7 Å². The molecule has 9 heteroatoms. The Morgan fingerprint density at radius 1 is 0.417 bits per heavy atom. The molecular weight excluding hydrogens is 776 g/mol. The lowest BCUT2D eigenvalue weighted by atomic mass is 9.98. The summed E-state index contributed by atoms with van der Waals surface area (Å²) < 4.78 is 21.9. The molecule has 0 aromatic rings. The third-order valence-corrected chi connectivity index (χ3v) is 11.7. The quantitative estimate of drug-likeness (QED) is 0.0258. The number of carbonyl (C=O) groups excluding carboxylic acids is 4. The zero-order chi connectivity index (χ0) is 44.3. The molecule has 0 aromatic carbocycles. The molecule has 0 radical (unpaired) electrons. The zero-order valence-corrected chi connectivity index (χ0v) is 40.6. The van der Waals surface area contributed by atoms with E-state index >= 15 is 0 Å². The average molecular weight is 872 g/mol. The van der Waals surface area contributed by atoms with E-state index in [0.29, 0.717) is 12.8 Å². The summed E-state index contributed by atoms with van der Waals surface area (Å²) in [6.07, 6.45) is 39.2. The summed E-state index contributed by atoms with van der Waals surface area (Å²) in [4.78, 5) is 50.1. The highest BCUT2D eigenvalue weighted by Crippen LogP contribution is 2.19. The van der Waals surface area contributed by atoms with Crippen molar-refractivity contribution < 1.29 is 38.1 Å². The van der Waals surface area contributed by atoms with Crippen molar-refractivity contribution >= 4 is 35.5 Å². The summed E-state index contributed by atoms with van der Waals surface area (Å²) in [5.74, 6) is -1.22. The van der Waals surface area contributed by atoms with Crippen molar-refractivity contribution in [2.75, 3.05) is 13.2 Å². The van der Waals surface area contributed by atoms with E-state index in [1.54, 1.807) is 6.92 Å². The first kappa shape index (κ1) is 58.2. The Hall–Kier alpha value is -1.83. The van der Waals surface area contributed by atoms with Crippen LogP contribution in [0.4, 0.5) is 0 Å². The highest BCUT2D eigenvalue weighted by atomic mass is 35.5. The van der Waals surface area contributed by atoms with Crippen LogP contribution in [0.5, 0.6) is 0 Å². The van der Waals surface area contributed by atoms with E-state index in [2.05, 4.69) is 13.8 Å². The molecule has 0 saturated heterocycles. The lowest BCUT2D eigenvalue weighted by Gasteiger charge is -2.19. The van der Waals surface area contributed by atoms with Crippen LogP contribution in [-0.4, -0.2) is 48.8 Å². The van der Waals surface area contributed by atoms with Crippen LogP contribution in [0, 0.1) is 11.8 Å². The standard InChI is InChI=1S/C51H95ClO8/c1-6-8-10-12-14-16-18-20-22-24-26-31-35-39-48(53)57-42-47(43-58-49(54)40-36-32-27-25-23-21-19-17-15-13-11-9-7-2)60-50(55)41-44(3)37-33-29-28-30-34-38-45(4)51(56)59-46(5)52/h44-47H,6-43H2,1-5H3. The normalized spacial score (nSPS) is 12.9. The topological polar surface area (TPSA) is 105 Å². The minimum atomic E-state index is -0.816. The summed E-state index contributed by atoms with van der Waals surface area (Å²) in [5, 5.41) is 0. The van der Waals surface area contributed by atoms with E-state index in [0.717, 1.165) is 83.5 Å². The molecule has 60 heavy (non-hydrogen) atoms. The molecule has 3 atom stereocenters. The van der Waals surface area contributed by atoms with E-state index in [1.165, 1.54) is 128 Å². The van der Waals surface area contributed by atoms with Gasteiger partial charge in [0.05, 0.1) is 5.92 Å². The summed E-state index contributed by atoms with van der Waals surface area (Å²) in [6.45, 7) is 9.87. The number of hydrogen-bond donors (Lipinski definition) is 0. The fourth-order valence-electron chi connectivity index (χ4n) is 7.69. The minimum absolute atomic E-state index is 0.106. The van der Waals surface area contributed by atoms with Crippen molar-refractivity contribution in [1.29, 1.82) is 0 Å². The van der Waals surface area contributed by atoms with Crippen molar-refractivity contribution in [2.45, 2.75) is 277 Å². The summed E-state index contributed by atoms with van der Waals surface area (Å²) >= 11 is 5.76. The van der Waals surface area contributed by atoms with Crippen LogP contribution in [0.25, 0.3) is 0 Å². The van der Waals surface area contributed by atoms with Crippen LogP contribution in [-0.2, 0) is 38.1 Å². The Bertz CT molecular complexity index is 958. The van der Waals surface area contributed by atoms with Crippen molar-refractivity contribution in [2.24, 2.45) is 11.8 Å². The van der Waals surface area contributed by atoms with E-state index in [9.17, 15) is 19.2 Å². The molecule has 0 amide bonds. The van der Waals surface area contributed by atoms with Gasteiger partial charge in [0.15, 0.2) is 11.7 Å². The van der Waals surface area contributed by atoms with Crippen LogP contribution in [0.2, 0.25) is 0 Å². The van der Waals surface area contributed by atoms with Gasteiger partial charge in [0, 0.05) is 19.3 Å². The number of rotatable bonds is 45. The number of carbonyl (C=O) groups is 4. The molecule has 0 fully saturated rings. The van der Waals surface area contributed by atoms with Crippen LogP contribution < -0.4 is 0 Å². The third-order valence-electron chi connectivity index (χ3n) is 11.7. The van der Waals surface area contributed by atoms with Crippen molar-refractivity contribution in [3.8, 4) is 0 Å².